The minimum atomic E-state index is -0.632. The summed E-state index contributed by atoms with van der Waals surface area (Å²) in [5, 5.41) is 2.90. The van der Waals surface area contributed by atoms with Gasteiger partial charge < -0.3 is 19.5 Å². The zero-order chi connectivity index (χ0) is 20.4. The van der Waals surface area contributed by atoms with Gasteiger partial charge in [0.1, 0.15) is 5.15 Å². The molecule has 1 N–H and O–H groups in total. The van der Waals surface area contributed by atoms with E-state index >= 15 is 0 Å². The summed E-state index contributed by atoms with van der Waals surface area (Å²) in [5.41, 5.74) is 1.24. The van der Waals surface area contributed by atoms with Gasteiger partial charge in [-0.05, 0) is 50.1 Å². The standard InChI is InChI=1S/C20H23ClN2O5/c1-3-26-16-6-5-14(11-17(16)27-4-2)7-9-23-19(24)13-28-20(25)15-8-10-22-18(21)12-15/h5-6,8,10-12H,3-4,7,9,13H2,1-2H3,(H,23,24). The molecule has 0 aliphatic rings. The van der Waals surface area contributed by atoms with E-state index in [-0.39, 0.29) is 23.2 Å². The lowest BCUT2D eigenvalue weighted by Crippen LogP contribution is -2.30. The number of ether oxygens (including phenoxy) is 3. The van der Waals surface area contributed by atoms with Crippen LogP contribution in [0.4, 0.5) is 0 Å². The van der Waals surface area contributed by atoms with E-state index in [9.17, 15) is 9.59 Å². The molecule has 0 spiro atoms. The van der Waals surface area contributed by atoms with Gasteiger partial charge in [-0.3, -0.25) is 4.79 Å². The summed E-state index contributed by atoms with van der Waals surface area (Å²) in [6.07, 6.45) is 2.00. The fourth-order valence-corrected chi connectivity index (χ4v) is 2.57. The fourth-order valence-electron chi connectivity index (χ4n) is 2.39. The maximum Gasteiger partial charge on any atom is 0.338 e. The van der Waals surface area contributed by atoms with Gasteiger partial charge in [0.15, 0.2) is 18.1 Å². The monoisotopic (exact) mass is 406 g/mol. The van der Waals surface area contributed by atoms with E-state index in [2.05, 4.69) is 10.3 Å². The highest BCUT2D eigenvalue weighted by Crippen LogP contribution is 2.28. The Labute approximate surface area is 169 Å². The third kappa shape index (κ3) is 6.74. The predicted octanol–water partition coefficient (Wildman–Crippen LogP) is 3.05. The van der Waals surface area contributed by atoms with E-state index in [0.29, 0.717) is 37.7 Å². The van der Waals surface area contributed by atoms with Gasteiger partial charge >= 0.3 is 5.97 Å². The molecule has 0 atom stereocenters. The van der Waals surface area contributed by atoms with Crippen LogP contribution in [0.3, 0.4) is 0 Å². The number of esters is 1. The zero-order valence-electron chi connectivity index (χ0n) is 15.9. The Kier molecular flexibility index (Phi) is 8.55. The second kappa shape index (κ2) is 11.1. The Morgan fingerprint density at radius 1 is 1.07 bits per heavy atom. The van der Waals surface area contributed by atoms with Gasteiger partial charge in [-0.2, -0.15) is 0 Å². The van der Waals surface area contributed by atoms with Gasteiger partial charge in [-0.25, -0.2) is 9.78 Å². The molecule has 1 aromatic carbocycles. The van der Waals surface area contributed by atoms with E-state index < -0.39 is 5.97 Å². The van der Waals surface area contributed by atoms with E-state index in [1.165, 1.54) is 18.3 Å². The predicted molar refractivity (Wildman–Crippen MR) is 105 cm³/mol. The van der Waals surface area contributed by atoms with Crippen LogP contribution in [-0.4, -0.2) is 43.2 Å². The normalized spacial score (nSPS) is 10.2. The lowest BCUT2D eigenvalue weighted by atomic mass is 10.1. The molecule has 0 aliphatic heterocycles. The molecule has 1 heterocycles. The van der Waals surface area contributed by atoms with Crippen LogP contribution in [-0.2, 0) is 16.0 Å². The van der Waals surface area contributed by atoms with Gasteiger partial charge in [0, 0.05) is 12.7 Å². The second-order valence-corrected chi connectivity index (χ2v) is 6.08. The summed E-state index contributed by atoms with van der Waals surface area (Å²) in [7, 11) is 0. The Balaban J connectivity index is 1.78. The summed E-state index contributed by atoms with van der Waals surface area (Å²) in [4.78, 5) is 27.5. The van der Waals surface area contributed by atoms with Gasteiger partial charge in [-0.15, -0.1) is 0 Å². The lowest BCUT2D eigenvalue weighted by Gasteiger charge is -2.12. The number of hydrogen-bond donors (Lipinski definition) is 1. The number of pyridine rings is 1. The first-order chi connectivity index (χ1) is 13.5. The van der Waals surface area contributed by atoms with Crippen molar-refractivity contribution in [2.24, 2.45) is 0 Å². The molecule has 0 aliphatic carbocycles. The summed E-state index contributed by atoms with van der Waals surface area (Å²) >= 11 is 5.72. The minimum Gasteiger partial charge on any atom is -0.490 e. The molecule has 0 bridgehead atoms. The zero-order valence-corrected chi connectivity index (χ0v) is 16.6. The van der Waals surface area contributed by atoms with Crippen LogP contribution in [0.15, 0.2) is 36.5 Å². The molecule has 1 aromatic heterocycles. The maximum absolute atomic E-state index is 11.9. The number of aromatic nitrogens is 1. The maximum atomic E-state index is 11.9. The number of nitrogens with one attached hydrogen (secondary N) is 1. The molecule has 150 valence electrons. The first-order valence-corrected chi connectivity index (χ1v) is 9.35. The topological polar surface area (TPSA) is 86.8 Å². The molecule has 0 fully saturated rings. The third-order valence-corrected chi connectivity index (χ3v) is 3.85. The highest BCUT2D eigenvalue weighted by Gasteiger charge is 2.11. The largest absolute Gasteiger partial charge is 0.490 e. The molecule has 0 saturated heterocycles. The van der Waals surface area contributed by atoms with Gasteiger partial charge in [0.25, 0.3) is 5.91 Å². The lowest BCUT2D eigenvalue weighted by molar-refractivity contribution is -0.124. The molecule has 2 rings (SSSR count). The van der Waals surface area contributed by atoms with Gasteiger partial charge in [-0.1, -0.05) is 17.7 Å². The molecule has 0 saturated carbocycles. The third-order valence-electron chi connectivity index (χ3n) is 3.64. The second-order valence-electron chi connectivity index (χ2n) is 5.69. The number of rotatable bonds is 10. The van der Waals surface area contributed by atoms with Crippen LogP contribution in [0.1, 0.15) is 29.8 Å². The summed E-state index contributed by atoms with van der Waals surface area (Å²) < 4.78 is 16.1. The van der Waals surface area contributed by atoms with Crippen molar-refractivity contribution in [2.75, 3.05) is 26.4 Å². The number of benzene rings is 1. The highest BCUT2D eigenvalue weighted by atomic mass is 35.5. The Morgan fingerprint density at radius 2 is 1.82 bits per heavy atom. The molecule has 1 amide bonds. The number of carbonyl (C=O) groups is 2. The van der Waals surface area contributed by atoms with E-state index in [4.69, 9.17) is 25.8 Å². The van der Waals surface area contributed by atoms with E-state index in [1.54, 1.807) is 0 Å². The number of amides is 1. The molecule has 0 radical (unpaired) electrons. The Hall–Kier alpha value is -2.80. The van der Waals surface area contributed by atoms with Crippen molar-refractivity contribution < 1.29 is 23.8 Å². The fraction of sp³-hybridized carbons (Fsp3) is 0.350. The number of halogens is 1. The van der Waals surface area contributed by atoms with Crippen LogP contribution < -0.4 is 14.8 Å². The van der Waals surface area contributed by atoms with Crippen molar-refractivity contribution in [3.05, 3.63) is 52.8 Å². The summed E-state index contributed by atoms with van der Waals surface area (Å²) in [5.74, 6) is 0.357. The van der Waals surface area contributed by atoms with Crippen molar-refractivity contribution in [2.45, 2.75) is 20.3 Å². The quantitative estimate of drug-likeness (QED) is 0.482. The van der Waals surface area contributed by atoms with Crippen LogP contribution in [0.2, 0.25) is 5.15 Å². The van der Waals surface area contributed by atoms with Crippen molar-refractivity contribution in [3.63, 3.8) is 0 Å². The van der Waals surface area contributed by atoms with Crippen LogP contribution >= 0.6 is 11.6 Å². The molecule has 2 aromatic rings. The first kappa shape index (κ1) is 21.5. The Morgan fingerprint density at radius 3 is 2.54 bits per heavy atom. The van der Waals surface area contributed by atoms with Crippen LogP contribution in [0, 0.1) is 0 Å². The molecular weight excluding hydrogens is 384 g/mol. The van der Waals surface area contributed by atoms with E-state index in [1.807, 2.05) is 32.0 Å². The van der Waals surface area contributed by atoms with Gasteiger partial charge in [0.2, 0.25) is 0 Å². The molecular formula is C20H23ClN2O5. The van der Waals surface area contributed by atoms with Crippen molar-refractivity contribution in [1.29, 1.82) is 0 Å². The van der Waals surface area contributed by atoms with Crippen LogP contribution in [0.5, 0.6) is 11.5 Å². The van der Waals surface area contributed by atoms with Gasteiger partial charge in [0.05, 0.1) is 18.8 Å². The number of carbonyl (C=O) groups excluding carboxylic acids is 2. The average molecular weight is 407 g/mol. The summed E-state index contributed by atoms with van der Waals surface area (Å²) in [6, 6.07) is 8.52. The molecule has 28 heavy (non-hydrogen) atoms. The molecule has 0 unspecified atom stereocenters. The molecule has 7 nitrogen and oxygen atoms in total. The SMILES string of the molecule is CCOc1ccc(CCNC(=O)COC(=O)c2ccnc(Cl)c2)cc1OCC. The highest BCUT2D eigenvalue weighted by molar-refractivity contribution is 6.29. The summed E-state index contributed by atoms with van der Waals surface area (Å²) in [6.45, 7) is 4.94. The smallest absolute Gasteiger partial charge is 0.338 e. The van der Waals surface area contributed by atoms with Crippen molar-refractivity contribution >= 4 is 23.5 Å². The van der Waals surface area contributed by atoms with Crippen LogP contribution in [0.25, 0.3) is 0 Å². The minimum absolute atomic E-state index is 0.181. The number of nitrogens with zero attached hydrogens (tertiary/aromatic N) is 1. The van der Waals surface area contributed by atoms with Crippen molar-refractivity contribution in [3.8, 4) is 11.5 Å². The molecule has 8 heteroatoms. The Bertz CT molecular complexity index is 813. The first-order valence-electron chi connectivity index (χ1n) is 8.97. The number of hydrogen-bond acceptors (Lipinski definition) is 6. The van der Waals surface area contributed by atoms with E-state index in [0.717, 1.165) is 5.56 Å². The average Bonchev–Trinajstić information content (AvgIpc) is 2.68. The van der Waals surface area contributed by atoms with Crippen molar-refractivity contribution in [1.82, 2.24) is 10.3 Å².